The second-order valence-electron chi connectivity index (χ2n) is 13.2. The topological polar surface area (TPSA) is 119 Å². The zero-order valence-corrected chi connectivity index (χ0v) is 29.5. The van der Waals surface area contributed by atoms with E-state index in [0.717, 1.165) is 38.5 Å². The number of rotatable bonds is 32. The highest BCUT2D eigenvalue weighted by atomic mass is 16.6. The van der Waals surface area contributed by atoms with E-state index in [0.29, 0.717) is 6.42 Å². The Morgan fingerprint density at radius 2 is 0.957 bits per heavy atom. The maximum Gasteiger partial charge on any atom is 0.378 e. The van der Waals surface area contributed by atoms with Gasteiger partial charge in [-0.2, -0.15) is 0 Å². The first-order valence-corrected chi connectivity index (χ1v) is 19.1. The van der Waals surface area contributed by atoms with Gasteiger partial charge in [-0.15, -0.1) is 0 Å². The van der Waals surface area contributed by atoms with E-state index < -0.39 is 48.2 Å². The summed E-state index contributed by atoms with van der Waals surface area (Å²) >= 11 is 0. The molecule has 0 radical (unpaired) electrons. The molecule has 0 aliphatic carbocycles. The minimum atomic E-state index is -1.46. The van der Waals surface area contributed by atoms with Crippen molar-refractivity contribution in [2.45, 2.75) is 206 Å². The van der Waals surface area contributed by atoms with Crippen LogP contribution in [0.4, 0.5) is 0 Å². The van der Waals surface area contributed by atoms with Crippen molar-refractivity contribution < 1.29 is 38.8 Å². The van der Waals surface area contributed by atoms with Crippen LogP contribution in [0.15, 0.2) is 11.5 Å². The van der Waals surface area contributed by atoms with E-state index in [1.54, 1.807) is 0 Å². The number of unbranched alkanes of at least 4 members (excludes halogenated alkanes) is 24. The summed E-state index contributed by atoms with van der Waals surface area (Å²) in [6.07, 6.45) is 28.8. The maximum absolute atomic E-state index is 12.2. The lowest BCUT2D eigenvalue weighted by atomic mass is 10.0. The van der Waals surface area contributed by atoms with Crippen molar-refractivity contribution in [3.05, 3.63) is 11.5 Å². The molecule has 8 heteroatoms. The van der Waals surface area contributed by atoms with Gasteiger partial charge in [0.15, 0.2) is 11.9 Å². The lowest BCUT2D eigenvalue weighted by Gasteiger charge is -2.17. The molecule has 2 N–H and O–H groups in total. The third kappa shape index (κ3) is 21.7. The molecule has 1 aliphatic rings. The molecule has 0 spiro atoms. The van der Waals surface area contributed by atoms with E-state index in [-0.39, 0.29) is 12.8 Å². The molecule has 1 rings (SSSR count). The molecule has 0 fully saturated rings. The molecule has 0 aromatic heterocycles. The van der Waals surface area contributed by atoms with E-state index in [1.807, 2.05) is 0 Å². The van der Waals surface area contributed by atoms with Crippen LogP contribution in [-0.2, 0) is 28.6 Å². The maximum atomic E-state index is 12.2. The Labute approximate surface area is 280 Å². The first-order chi connectivity index (χ1) is 22.4. The van der Waals surface area contributed by atoms with Crippen LogP contribution in [0.3, 0.4) is 0 Å². The fourth-order valence-electron chi connectivity index (χ4n) is 5.89. The number of ether oxygens (including phenoxy) is 3. The quantitative estimate of drug-likeness (QED) is 0.0419. The minimum Gasteiger partial charge on any atom is -0.505 e. The lowest BCUT2D eigenvalue weighted by molar-refractivity contribution is -0.157. The van der Waals surface area contributed by atoms with Crippen molar-refractivity contribution in [3.63, 3.8) is 0 Å². The Bertz CT molecular complexity index is 824. The molecular weight excluding hydrogens is 584 g/mol. The SMILES string of the molecule is CCCCCCCCCCCCCCCC(=O)OC[C@H](O)[C@@H]1OC(=O)C(OC(=O)CCCCCCCCCCCCCCC)=C1O. The molecule has 1 aliphatic heterocycles. The Kier molecular flexibility index (Phi) is 26.5. The van der Waals surface area contributed by atoms with Gasteiger partial charge in [-0.1, -0.05) is 168 Å². The highest BCUT2D eigenvalue weighted by Gasteiger charge is 2.42. The molecule has 46 heavy (non-hydrogen) atoms. The van der Waals surface area contributed by atoms with Crippen LogP contribution in [0.1, 0.15) is 194 Å². The fourth-order valence-corrected chi connectivity index (χ4v) is 5.89. The van der Waals surface area contributed by atoms with Crippen LogP contribution in [0.25, 0.3) is 0 Å². The Morgan fingerprint density at radius 1 is 0.609 bits per heavy atom. The van der Waals surface area contributed by atoms with Gasteiger partial charge < -0.3 is 24.4 Å². The molecule has 0 aromatic carbocycles. The summed E-state index contributed by atoms with van der Waals surface area (Å²) in [5.41, 5.74) is 0. The zero-order chi connectivity index (χ0) is 33.7. The summed E-state index contributed by atoms with van der Waals surface area (Å²) in [6, 6.07) is 0. The number of aliphatic hydroxyl groups excluding tert-OH is 2. The number of esters is 3. The van der Waals surface area contributed by atoms with E-state index in [2.05, 4.69) is 13.8 Å². The summed E-state index contributed by atoms with van der Waals surface area (Å²) in [5, 5.41) is 20.7. The highest BCUT2D eigenvalue weighted by molar-refractivity contribution is 5.92. The largest absolute Gasteiger partial charge is 0.505 e. The van der Waals surface area contributed by atoms with E-state index in [1.165, 1.54) is 122 Å². The number of carbonyl (C=O) groups excluding carboxylic acids is 3. The summed E-state index contributed by atoms with van der Waals surface area (Å²) < 4.78 is 15.2. The van der Waals surface area contributed by atoms with Gasteiger partial charge in [0.1, 0.15) is 12.7 Å². The van der Waals surface area contributed by atoms with Crippen LogP contribution in [0.5, 0.6) is 0 Å². The van der Waals surface area contributed by atoms with E-state index in [9.17, 15) is 24.6 Å². The van der Waals surface area contributed by atoms with Gasteiger partial charge in [0, 0.05) is 12.8 Å². The molecule has 2 atom stereocenters. The second kappa shape index (κ2) is 29.1. The van der Waals surface area contributed by atoms with Gasteiger partial charge in [0.05, 0.1) is 0 Å². The monoisotopic (exact) mass is 652 g/mol. The molecule has 0 saturated heterocycles. The predicted molar refractivity (Wildman–Crippen MR) is 183 cm³/mol. The van der Waals surface area contributed by atoms with E-state index >= 15 is 0 Å². The molecule has 0 unspecified atom stereocenters. The first kappa shape index (κ1) is 41.9. The van der Waals surface area contributed by atoms with E-state index in [4.69, 9.17) is 14.2 Å². The van der Waals surface area contributed by atoms with Crippen LogP contribution < -0.4 is 0 Å². The number of aliphatic hydroxyl groups is 2. The first-order valence-electron chi connectivity index (χ1n) is 19.1. The molecule has 0 saturated carbocycles. The highest BCUT2D eigenvalue weighted by Crippen LogP contribution is 2.25. The summed E-state index contributed by atoms with van der Waals surface area (Å²) in [7, 11) is 0. The van der Waals surface area contributed by atoms with Crippen molar-refractivity contribution in [2.24, 2.45) is 0 Å². The van der Waals surface area contributed by atoms with Crippen LogP contribution in [0, 0.1) is 0 Å². The normalized spacial score (nSPS) is 15.3. The lowest BCUT2D eigenvalue weighted by Crippen LogP contribution is -2.33. The number of carbonyl (C=O) groups is 3. The molecule has 1 heterocycles. The zero-order valence-electron chi connectivity index (χ0n) is 29.5. The molecule has 8 nitrogen and oxygen atoms in total. The smallest absolute Gasteiger partial charge is 0.378 e. The third-order valence-electron chi connectivity index (χ3n) is 8.87. The van der Waals surface area contributed by atoms with Crippen molar-refractivity contribution in [1.82, 2.24) is 0 Å². The van der Waals surface area contributed by atoms with Gasteiger partial charge >= 0.3 is 17.9 Å². The van der Waals surface area contributed by atoms with Crippen molar-refractivity contribution in [2.75, 3.05) is 6.61 Å². The standard InChI is InChI=1S/C38H68O8/c1-3-5-7-9-11-13-15-17-19-21-23-25-27-29-33(40)44-31-32(39)36-35(42)37(38(43)46-36)45-34(41)30-28-26-24-22-20-18-16-14-12-10-8-6-4-2/h32,36,39,42H,3-31H2,1-2H3/t32-,36-/m0/s1. The number of hydrogen-bond donors (Lipinski definition) is 2. The van der Waals surface area contributed by atoms with Gasteiger partial charge in [-0.3, -0.25) is 9.59 Å². The van der Waals surface area contributed by atoms with Gasteiger partial charge in [-0.05, 0) is 12.8 Å². The predicted octanol–water partition coefficient (Wildman–Crippen LogP) is 10.1. The molecule has 0 amide bonds. The Morgan fingerprint density at radius 3 is 1.35 bits per heavy atom. The van der Waals surface area contributed by atoms with Gasteiger partial charge in [-0.25, -0.2) is 4.79 Å². The van der Waals surface area contributed by atoms with Gasteiger partial charge in [0.2, 0.25) is 0 Å². The Balaban J connectivity index is 2.09. The van der Waals surface area contributed by atoms with Crippen molar-refractivity contribution >= 4 is 17.9 Å². The molecule has 0 bridgehead atoms. The van der Waals surface area contributed by atoms with Crippen LogP contribution in [0.2, 0.25) is 0 Å². The average Bonchev–Trinajstić information content (AvgIpc) is 3.32. The Hall–Kier alpha value is -2.09. The van der Waals surface area contributed by atoms with Crippen molar-refractivity contribution in [3.8, 4) is 0 Å². The number of hydrogen-bond acceptors (Lipinski definition) is 8. The van der Waals surface area contributed by atoms with Crippen molar-refractivity contribution in [1.29, 1.82) is 0 Å². The molecular formula is C38H68O8. The third-order valence-corrected chi connectivity index (χ3v) is 8.87. The summed E-state index contributed by atoms with van der Waals surface area (Å²) in [6.45, 7) is 4.05. The number of cyclic esters (lactones) is 1. The average molecular weight is 653 g/mol. The summed E-state index contributed by atoms with van der Waals surface area (Å²) in [4.78, 5) is 36.5. The fraction of sp³-hybridized carbons (Fsp3) is 0.868. The van der Waals surface area contributed by atoms with Crippen LogP contribution in [-0.4, -0.2) is 46.9 Å². The molecule has 268 valence electrons. The van der Waals surface area contributed by atoms with Gasteiger partial charge in [0.25, 0.3) is 5.76 Å². The van der Waals surface area contributed by atoms with Crippen LogP contribution >= 0.6 is 0 Å². The molecule has 0 aromatic rings. The second-order valence-corrected chi connectivity index (χ2v) is 13.2. The summed E-state index contributed by atoms with van der Waals surface area (Å²) in [5.74, 6) is -3.33. The minimum absolute atomic E-state index is 0.131.